The van der Waals surface area contributed by atoms with Crippen molar-refractivity contribution in [3.63, 3.8) is 0 Å². The van der Waals surface area contributed by atoms with Crippen LogP contribution in [0.15, 0.2) is 54.9 Å². The van der Waals surface area contributed by atoms with Crippen molar-refractivity contribution in [1.29, 1.82) is 0 Å². The van der Waals surface area contributed by atoms with Gasteiger partial charge in [-0.15, -0.1) is 24.8 Å². The van der Waals surface area contributed by atoms with Gasteiger partial charge < -0.3 is 20.2 Å². The number of pyridine rings is 1. The van der Waals surface area contributed by atoms with E-state index in [1.807, 2.05) is 60.1 Å². The fourth-order valence-corrected chi connectivity index (χ4v) is 2.46. The molecule has 3 rings (SSSR count). The third kappa shape index (κ3) is 6.75. The minimum absolute atomic E-state index is 0. The summed E-state index contributed by atoms with van der Waals surface area (Å²) in [5, 5.41) is 2.86. The quantitative estimate of drug-likeness (QED) is 0.619. The number of fused-ring (bicyclic) bond motifs is 1. The minimum Gasteiger partial charge on any atom is -0.487 e. The molecule has 0 radical (unpaired) electrons. The summed E-state index contributed by atoms with van der Waals surface area (Å²) in [5.41, 5.74) is 8.11. The van der Waals surface area contributed by atoms with Crippen molar-refractivity contribution in [1.82, 2.24) is 9.38 Å². The first-order chi connectivity index (χ1) is 12.1. The highest BCUT2D eigenvalue weighted by Crippen LogP contribution is 2.19. The zero-order chi connectivity index (χ0) is 17.6. The number of hydrogen-bond acceptors (Lipinski definition) is 4. The molecule has 0 spiro atoms. The molecule has 0 aliphatic carbocycles. The molecule has 0 fully saturated rings. The van der Waals surface area contributed by atoms with Crippen molar-refractivity contribution in [3.05, 3.63) is 60.6 Å². The first-order valence-corrected chi connectivity index (χ1v) is 8.31. The SMILES string of the molecule is CC(N)CCC(=O)Nc1cccc(OCc2cn3ccccc3n2)c1.Cl.Cl. The number of nitrogens with zero attached hydrogens (tertiary/aromatic N) is 2. The van der Waals surface area contributed by atoms with E-state index in [9.17, 15) is 4.79 Å². The van der Waals surface area contributed by atoms with Crippen molar-refractivity contribution in [2.24, 2.45) is 5.73 Å². The molecule has 1 atom stereocenters. The fourth-order valence-electron chi connectivity index (χ4n) is 2.46. The Morgan fingerprint density at radius 2 is 2.07 bits per heavy atom. The summed E-state index contributed by atoms with van der Waals surface area (Å²) < 4.78 is 7.75. The van der Waals surface area contributed by atoms with Crippen LogP contribution in [0.25, 0.3) is 5.65 Å². The fraction of sp³-hybridized carbons (Fsp3) is 0.263. The number of carbonyl (C=O) groups is 1. The molecule has 0 aliphatic heterocycles. The Morgan fingerprint density at radius 1 is 1.26 bits per heavy atom. The highest BCUT2D eigenvalue weighted by atomic mass is 35.5. The molecule has 8 heteroatoms. The van der Waals surface area contributed by atoms with Gasteiger partial charge in [0.05, 0.1) is 5.69 Å². The van der Waals surface area contributed by atoms with Crippen LogP contribution in [-0.4, -0.2) is 21.3 Å². The number of hydrogen-bond donors (Lipinski definition) is 2. The van der Waals surface area contributed by atoms with Gasteiger partial charge in [0.15, 0.2) is 0 Å². The van der Waals surface area contributed by atoms with E-state index < -0.39 is 0 Å². The van der Waals surface area contributed by atoms with E-state index in [2.05, 4.69) is 10.3 Å². The van der Waals surface area contributed by atoms with Gasteiger partial charge in [-0.2, -0.15) is 0 Å². The Balaban J connectivity index is 0.00000182. The summed E-state index contributed by atoms with van der Waals surface area (Å²) in [7, 11) is 0. The first kappa shape index (κ1) is 22.8. The van der Waals surface area contributed by atoms with Crippen molar-refractivity contribution in [2.45, 2.75) is 32.4 Å². The number of ether oxygens (including phenoxy) is 1. The number of amides is 1. The summed E-state index contributed by atoms with van der Waals surface area (Å²) in [6.45, 7) is 2.25. The second-order valence-corrected chi connectivity index (χ2v) is 6.08. The van der Waals surface area contributed by atoms with Gasteiger partial charge in [-0.3, -0.25) is 4.79 Å². The molecule has 0 aliphatic rings. The summed E-state index contributed by atoms with van der Waals surface area (Å²) in [5.74, 6) is 0.636. The van der Waals surface area contributed by atoms with Gasteiger partial charge in [0.25, 0.3) is 0 Å². The molecular formula is C19H24Cl2N4O2. The largest absolute Gasteiger partial charge is 0.487 e. The normalized spacial score (nSPS) is 11.2. The number of nitrogens with one attached hydrogen (secondary N) is 1. The lowest BCUT2D eigenvalue weighted by molar-refractivity contribution is -0.116. The van der Waals surface area contributed by atoms with Gasteiger partial charge in [-0.25, -0.2) is 4.98 Å². The molecule has 1 unspecified atom stereocenters. The lowest BCUT2D eigenvalue weighted by Gasteiger charge is -2.09. The number of halogens is 2. The van der Waals surface area contributed by atoms with E-state index >= 15 is 0 Å². The lowest BCUT2D eigenvalue weighted by Crippen LogP contribution is -2.19. The maximum atomic E-state index is 11.9. The number of benzene rings is 1. The molecule has 3 aromatic rings. The predicted octanol–water partition coefficient (Wildman–Crippen LogP) is 3.82. The molecule has 0 saturated carbocycles. The van der Waals surface area contributed by atoms with Crippen LogP contribution < -0.4 is 15.8 Å². The Morgan fingerprint density at radius 3 is 2.81 bits per heavy atom. The van der Waals surface area contributed by atoms with Gasteiger partial charge in [0.2, 0.25) is 5.91 Å². The average molecular weight is 411 g/mol. The van der Waals surface area contributed by atoms with Crippen molar-refractivity contribution >= 4 is 42.1 Å². The summed E-state index contributed by atoms with van der Waals surface area (Å²) >= 11 is 0. The highest BCUT2D eigenvalue weighted by molar-refractivity contribution is 5.90. The lowest BCUT2D eigenvalue weighted by atomic mass is 10.2. The van der Waals surface area contributed by atoms with Gasteiger partial charge in [0, 0.05) is 36.6 Å². The van der Waals surface area contributed by atoms with Gasteiger partial charge in [-0.05, 0) is 37.6 Å². The molecule has 146 valence electrons. The van der Waals surface area contributed by atoms with Gasteiger partial charge in [0.1, 0.15) is 18.0 Å². The molecule has 0 bridgehead atoms. The molecule has 3 N–H and O–H groups in total. The van der Waals surface area contributed by atoms with Crippen LogP contribution >= 0.6 is 24.8 Å². The zero-order valence-corrected chi connectivity index (χ0v) is 16.6. The van der Waals surface area contributed by atoms with Crippen LogP contribution in [0.5, 0.6) is 5.75 Å². The van der Waals surface area contributed by atoms with E-state index in [-0.39, 0.29) is 36.8 Å². The second kappa shape index (κ2) is 10.8. The van der Waals surface area contributed by atoms with E-state index in [4.69, 9.17) is 10.5 Å². The van der Waals surface area contributed by atoms with Crippen molar-refractivity contribution < 1.29 is 9.53 Å². The third-order valence-corrected chi connectivity index (χ3v) is 3.75. The van der Waals surface area contributed by atoms with Gasteiger partial charge in [-0.1, -0.05) is 12.1 Å². The van der Waals surface area contributed by atoms with Crippen LogP contribution in [0.3, 0.4) is 0 Å². The Kier molecular flexibility index (Phi) is 9.08. The Hall–Kier alpha value is -2.28. The van der Waals surface area contributed by atoms with Crippen LogP contribution in [0, 0.1) is 0 Å². The van der Waals surface area contributed by atoms with E-state index in [1.54, 1.807) is 6.07 Å². The Labute approximate surface area is 170 Å². The second-order valence-electron chi connectivity index (χ2n) is 6.08. The van der Waals surface area contributed by atoms with Gasteiger partial charge >= 0.3 is 0 Å². The molecule has 27 heavy (non-hydrogen) atoms. The summed E-state index contributed by atoms with van der Waals surface area (Å²) in [6, 6.07) is 13.2. The highest BCUT2D eigenvalue weighted by Gasteiger charge is 2.06. The van der Waals surface area contributed by atoms with E-state index in [0.29, 0.717) is 30.9 Å². The summed E-state index contributed by atoms with van der Waals surface area (Å²) in [4.78, 5) is 16.4. The maximum absolute atomic E-state index is 11.9. The molecule has 1 amide bonds. The third-order valence-electron chi connectivity index (χ3n) is 3.75. The zero-order valence-electron chi connectivity index (χ0n) is 15.0. The van der Waals surface area contributed by atoms with E-state index in [0.717, 1.165) is 11.3 Å². The molecule has 0 saturated heterocycles. The first-order valence-electron chi connectivity index (χ1n) is 8.31. The smallest absolute Gasteiger partial charge is 0.224 e. The molecule has 2 heterocycles. The standard InChI is InChI=1S/C19H22N4O2.2ClH/c1-14(20)8-9-19(24)22-15-5-4-6-17(11-15)25-13-16-12-23-10-3-2-7-18(23)21-16;;/h2-7,10-12,14H,8-9,13,20H2,1H3,(H,22,24);2*1H. The number of nitrogens with two attached hydrogens (primary N) is 1. The number of aromatic nitrogens is 2. The van der Waals surface area contributed by atoms with E-state index in [1.165, 1.54) is 0 Å². The van der Waals surface area contributed by atoms with Crippen LogP contribution in [0.4, 0.5) is 5.69 Å². The van der Waals surface area contributed by atoms with Crippen LogP contribution in [-0.2, 0) is 11.4 Å². The number of imidazole rings is 1. The van der Waals surface area contributed by atoms with Crippen LogP contribution in [0.2, 0.25) is 0 Å². The summed E-state index contributed by atoms with van der Waals surface area (Å²) in [6.07, 6.45) is 4.96. The van der Waals surface area contributed by atoms with Crippen molar-refractivity contribution in [2.75, 3.05) is 5.32 Å². The number of rotatable bonds is 7. The molecule has 6 nitrogen and oxygen atoms in total. The number of carbonyl (C=O) groups excluding carboxylic acids is 1. The number of anilines is 1. The Bertz CT molecular complexity index is 835. The topological polar surface area (TPSA) is 81.7 Å². The molecular weight excluding hydrogens is 387 g/mol. The minimum atomic E-state index is -0.0465. The predicted molar refractivity (Wildman–Crippen MR) is 112 cm³/mol. The molecule has 2 aromatic heterocycles. The average Bonchev–Trinajstić information content (AvgIpc) is 3.01. The molecule has 1 aromatic carbocycles. The van der Waals surface area contributed by atoms with Crippen LogP contribution in [0.1, 0.15) is 25.5 Å². The van der Waals surface area contributed by atoms with Crippen molar-refractivity contribution in [3.8, 4) is 5.75 Å². The monoisotopic (exact) mass is 410 g/mol. The maximum Gasteiger partial charge on any atom is 0.224 e.